The molecule has 6 nitrogen and oxygen atoms in total. The smallest absolute Gasteiger partial charge is 0.347 e. The number of rotatable bonds is 5. The summed E-state index contributed by atoms with van der Waals surface area (Å²) in [4.78, 5) is 24.6. The van der Waals surface area contributed by atoms with E-state index in [4.69, 9.17) is 18.6 Å². The number of fused-ring (bicyclic) bond motifs is 1. The maximum absolute atomic E-state index is 12.4. The second-order valence-corrected chi connectivity index (χ2v) is 5.50. The van der Waals surface area contributed by atoms with Crippen LogP contribution in [0, 0.1) is 6.92 Å². The van der Waals surface area contributed by atoms with Gasteiger partial charge in [-0.2, -0.15) is 0 Å². The highest BCUT2D eigenvalue weighted by molar-refractivity contribution is 6.05. The van der Waals surface area contributed by atoms with Crippen LogP contribution in [0.3, 0.4) is 0 Å². The Bertz CT molecular complexity index is 970. The van der Waals surface area contributed by atoms with Gasteiger partial charge in [-0.1, -0.05) is 12.1 Å². The van der Waals surface area contributed by atoms with Crippen molar-refractivity contribution < 1.29 is 28.2 Å². The molecule has 0 amide bonds. The van der Waals surface area contributed by atoms with Crippen LogP contribution in [0.25, 0.3) is 11.0 Å². The molecule has 0 N–H and O–H groups in total. The number of methoxy groups -OCH3 is 1. The molecule has 0 atom stereocenters. The maximum Gasteiger partial charge on any atom is 0.347 e. The highest BCUT2D eigenvalue weighted by Gasteiger charge is 2.21. The lowest BCUT2D eigenvalue weighted by Crippen LogP contribution is -2.10. The Hall–Kier alpha value is -3.28. The van der Waals surface area contributed by atoms with Crippen LogP contribution >= 0.6 is 0 Å². The number of para-hydroxylation sites is 1. The molecule has 0 aliphatic carbocycles. The van der Waals surface area contributed by atoms with Gasteiger partial charge < -0.3 is 18.6 Å². The Kier molecular flexibility index (Phi) is 4.93. The molecule has 0 aliphatic rings. The van der Waals surface area contributed by atoms with Crippen LogP contribution in [-0.2, 0) is 4.74 Å². The van der Waals surface area contributed by atoms with Gasteiger partial charge in [0.25, 0.3) is 0 Å². The zero-order valence-electron chi connectivity index (χ0n) is 14.7. The van der Waals surface area contributed by atoms with Gasteiger partial charge in [0, 0.05) is 5.39 Å². The summed E-state index contributed by atoms with van der Waals surface area (Å²) >= 11 is 0. The van der Waals surface area contributed by atoms with E-state index >= 15 is 0 Å². The third-order valence-corrected chi connectivity index (χ3v) is 3.85. The van der Waals surface area contributed by atoms with Crippen molar-refractivity contribution >= 4 is 22.9 Å². The van der Waals surface area contributed by atoms with Gasteiger partial charge in [-0.3, -0.25) is 0 Å². The summed E-state index contributed by atoms with van der Waals surface area (Å²) in [5.41, 5.74) is 1.16. The standard InChI is InChI=1S/C20H18O6/c1-4-24-20(22)18-12(2)25-17-10-9-13(11-15(17)18)26-19(21)14-7-5-6-8-16(14)23-3/h5-11H,4H2,1-3H3. The largest absolute Gasteiger partial charge is 0.496 e. The summed E-state index contributed by atoms with van der Waals surface area (Å²) in [7, 11) is 1.48. The van der Waals surface area contributed by atoms with Crippen molar-refractivity contribution in [2.75, 3.05) is 13.7 Å². The van der Waals surface area contributed by atoms with Gasteiger partial charge >= 0.3 is 11.9 Å². The number of ether oxygens (including phenoxy) is 3. The average molecular weight is 354 g/mol. The molecule has 0 fully saturated rings. The van der Waals surface area contributed by atoms with E-state index in [-0.39, 0.29) is 6.61 Å². The minimum Gasteiger partial charge on any atom is -0.496 e. The Morgan fingerprint density at radius 1 is 1.08 bits per heavy atom. The summed E-state index contributed by atoms with van der Waals surface area (Å²) in [6.07, 6.45) is 0. The van der Waals surface area contributed by atoms with Crippen LogP contribution in [0.5, 0.6) is 11.5 Å². The molecule has 0 saturated heterocycles. The number of carbonyl (C=O) groups excluding carboxylic acids is 2. The first-order valence-corrected chi connectivity index (χ1v) is 8.10. The van der Waals surface area contributed by atoms with Gasteiger partial charge in [-0.05, 0) is 44.2 Å². The summed E-state index contributed by atoms with van der Waals surface area (Å²) in [6, 6.07) is 11.6. The van der Waals surface area contributed by atoms with Crippen LogP contribution in [0.1, 0.15) is 33.4 Å². The second kappa shape index (κ2) is 7.31. The summed E-state index contributed by atoms with van der Waals surface area (Å²) in [6.45, 7) is 3.68. The molecule has 3 rings (SSSR count). The van der Waals surface area contributed by atoms with Crippen LogP contribution in [0.15, 0.2) is 46.9 Å². The van der Waals surface area contributed by atoms with Crippen LogP contribution in [-0.4, -0.2) is 25.7 Å². The number of esters is 2. The zero-order chi connectivity index (χ0) is 18.7. The monoisotopic (exact) mass is 354 g/mol. The minimum atomic E-state index is -0.556. The Morgan fingerprint density at radius 2 is 1.85 bits per heavy atom. The number of furan rings is 1. The van der Waals surface area contributed by atoms with Crippen LogP contribution in [0.4, 0.5) is 0 Å². The molecule has 0 bridgehead atoms. The summed E-state index contributed by atoms with van der Waals surface area (Å²) in [5.74, 6) is 0.132. The lowest BCUT2D eigenvalue weighted by atomic mass is 10.1. The third kappa shape index (κ3) is 3.26. The molecule has 2 aromatic carbocycles. The van der Waals surface area contributed by atoms with E-state index in [1.807, 2.05) is 0 Å². The number of hydrogen-bond donors (Lipinski definition) is 0. The predicted octanol–water partition coefficient (Wildman–Crippen LogP) is 4.15. The third-order valence-electron chi connectivity index (χ3n) is 3.85. The summed E-state index contributed by atoms with van der Waals surface area (Å²) < 4.78 is 21.3. The first-order valence-electron chi connectivity index (χ1n) is 8.10. The Labute approximate surface area is 150 Å². The van der Waals surface area contributed by atoms with Crippen molar-refractivity contribution in [3.8, 4) is 11.5 Å². The predicted molar refractivity (Wildman–Crippen MR) is 94.9 cm³/mol. The zero-order valence-corrected chi connectivity index (χ0v) is 14.7. The molecule has 26 heavy (non-hydrogen) atoms. The lowest BCUT2D eigenvalue weighted by Gasteiger charge is -2.08. The number of hydrogen-bond acceptors (Lipinski definition) is 6. The number of carbonyl (C=O) groups is 2. The second-order valence-electron chi connectivity index (χ2n) is 5.50. The van der Waals surface area contributed by atoms with Gasteiger partial charge in [-0.25, -0.2) is 9.59 Å². The van der Waals surface area contributed by atoms with Gasteiger partial charge in [0.1, 0.15) is 34.0 Å². The maximum atomic E-state index is 12.4. The number of aryl methyl sites for hydroxylation is 1. The van der Waals surface area contributed by atoms with E-state index in [1.165, 1.54) is 7.11 Å². The first-order chi connectivity index (χ1) is 12.5. The fourth-order valence-corrected chi connectivity index (χ4v) is 2.69. The molecular weight excluding hydrogens is 336 g/mol. The fourth-order valence-electron chi connectivity index (χ4n) is 2.69. The topological polar surface area (TPSA) is 75.0 Å². The van der Waals surface area contributed by atoms with E-state index in [2.05, 4.69) is 0 Å². The quantitative estimate of drug-likeness (QED) is 0.506. The van der Waals surface area contributed by atoms with Gasteiger partial charge in [0.05, 0.1) is 13.7 Å². The van der Waals surface area contributed by atoms with Crippen molar-refractivity contribution in [1.29, 1.82) is 0 Å². The highest BCUT2D eigenvalue weighted by Crippen LogP contribution is 2.30. The SMILES string of the molecule is CCOC(=O)c1c(C)oc2ccc(OC(=O)c3ccccc3OC)cc12. The molecule has 134 valence electrons. The van der Waals surface area contributed by atoms with Crippen LogP contribution in [0.2, 0.25) is 0 Å². The Balaban J connectivity index is 1.95. The van der Waals surface area contributed by atoms with Crippen molar-refractivity contribution in [1.82, 2.24) is 0 Å². The van der Waals surface area contributed by atoms with E-state index in [1.54, 1.807) is 56.3 Å². The van der Waals surface area contributed by atoms with Gasteiger partial charge in [0.2, 0.25) is 0 Å². The fraction of sp³-hybridized carbons (Fsp3) is 0.200. The van der Waals surface area contributed by atoms with Crippen molar-refractivity contribution in [3.05, 3.63) is 59.4 Å². The van der Waals surface area contributed by atoms with Crippen molar-refractivity contribution in [3.63, 3.8) is 0 Å². The molecule has 0 unspecified atom stereocenters. The van der Waals surface area contributed by atoms with E-state index in [0.29, 0.717) is 39.4 Å². The molecule has 0 saturated carbocycles. The first kappa shape index (κ1) is 17.5. The minimum absolute atomic E-state index is 0.257. The average Bonchev–Trinajstić information content (AvgIpc) is 2.97. The van der Waals surface area contributed by atoms with Gasteiger partial charge in [0.15, 0.2) is 0 Å². The van der Waals surface area contributed by atoms with Crippen LogP contribution < -0.4 is 9.47 Å². The molecule has 6 heteroatoms. The molecule has 1 heterocycles. The molecule has 0 aliphatic heterocycles. The van der Waals surface area contributed by atoms with Crippen molar-refractivity contribution in [2.45, 2.75) is 13.8 Å². The molecule has 0 spiro atoms. The Morgan fingerprint density at radius 3 is 2.58 bits per heavy atom. The summed E-state index contributed by atoms with van der Waals surface area (Å²) in [5, 5.41) is 0.534. The molecule has 3 aromatic rings. The van der Waals surface area contributed by atoms with E-state index in [0.717, 1.165) is 0 Å². The molecule has 0 radical (unpaired) electrons. The molecule has 1 aromatic heterocycles. The molecular formula is C20H18O6. The normalized spacial score (nSPS) is 10.6. The highest BCUT2D eigenvalue weighted by atomic mass is 16.5. The van der Waals surface area contributed by atoms with E-state index < -0.39 is 11.9 Å². The van der Waals surface area contributed by atoms with Gasteiger partial charge in [-0.15, -0.1) is 0 Å². The van der Waals surface area contributed by atoms with Crippen molar-refractivity contribution in [2.24, 2.45) is 0 Å². The lowest BCUT2D eigenvalue weighted by molar-refractivity contribution is 0.0526. The van der Waals surface area contributed by atoms with E-state index in [9.17, 15) is 9.59 Å². The number of benzene rings is 2.